The van der Waals surface area contributed by atoms with E-state index in [0.29, 0.717) is 9.90 Å². The highest BCUT2D eigenvalue weighted by Gasteiger charge is 2.15. The molecule has 2 rings (SSSR count). The number of anilines is 1. The largest absolute Gasteiger partial charge is 0.279 e. The number of benzene rings is 1. The summed E-state index contributed by atoms with van der Waals surface area (Å²) in [6.45, 7) is 1.91. The van der Waals surface area contributed by atoms with E-state index in [1.54, 1.807) is 29.6 Å². The average Bonchev–Trinajstić information content (AvgIpc) is 2.77. The quantitative estimate of drug-likeness (QED) is 0.933. The first-order valence-electron chi connectivity index (χ1n) is 4.81. The van der Waals surface area contributed by atoms with Gasteiger partial charge in [0.15, 0.2) is 0 Å². The fraction of sp³-hybridized carbons (Fsp3) is 0.0909. The minimum Gasteiger partial charge on any atom is -0.279 e. The number of hydrogen-bond acceptors (Lipinski definition) is 3. The average molecular weight is 332 g/mol. The number of aryl methyl sites for hydroxylation is 1. The Hall–Kier alpha value is -0.850. The van der Waals surface area contributed by atoms with Crippen LogP contribution < -0.4 is 4.72 Å². The first-order valence-corrected chi connectivity index (χ1v) is 7.97. The van der Waals surface area contributed by atoms with Crippen molar-refractivity contribution >= 4 is 43.0 Å². The van der Waals surface area contributed by atoms with Gasteiger partial charge in [-0.15, -0.1) is 11.3 Å². The normalized spacial score (nSPS) is 11.4. The predicted octanol–water partition coefficient (Wildman–Crippen LogP) is 3.62. The lowest BCUT2D eigenvalue weighted by Gasteiger charge is -2.07. The third kappa shape index (κ3) is 2.88. The Kier molecular flexibility index (Phi) is 3.56. The fourth-order valence-corrected chi connectivity index (χ4v) is 3.62. The lowest BCUT2D eigenvalue weighted by molar-refractivity contribution is 0.603. The molecule has 0 aliphatic rings. The Morgan fingerprint density at radius 1 is 1.29 bits per heavy atom. The first-order chi connectivity index (χ1) is 7.99. The molecule has 1 heterocycles. The van der Waals surface area contributed by atoms with E-state index in [1.165, 1.54) is 11.3 Å². The Labute approximate surface area is 113 Å². The highest BCUT2D eigenvalue weighted by Crippen LogP contribution is 2.23. The minimum absolute atomic E-state index is 0.318. The molecule has 1 N–H and O–H groups in total. The smallest absolute Gasteiger partial charge is 0.271 e. The third-order valence-corrected chi connectivity index (χ3v) is 5.84. The highest BCUT2D eigenvalue weighted by molar-refractivity contribution is 9.10. The van der Waals surface area contributed by atoms with Crippen LogP contribution >= 0.6 is 27.3 Å². The van der Waals surface area contributed by atoms with Crippen LogP contribution in [-0.2, 0) is 10.0 Å². The third-order valence-electron chi connectivity index (χ3n) is 2.17. The number of nitrogens with one attached hydrogen (secondary N) is 1. The Balaban J connectivity index is 2.30. The van der Waals surface area contributed by atoms with E-state index in [0.717, 1.165) is 10.0 Å². The van der Waals surface area contributed by atoms with E-state index >= 15 is 0 Å². The molecule has 0 aliphatic heterocycles. The summed E-state index contributed by atoms with van der Waals surface area (Å²) < 4.78 is 27.7. The van der Waals surface area contributed by atoms with Crippen LogP contribution in [0.5, 0.6) is 0 Å². The van der Waals surface area contributed by atoms with Crippen LogP contribution in [0, 0.1) is 6.92 Å². The minimum atomic E-state index is -3.45. The second-order valence-corrected chi connectivity index (χ2v) is 7.21. The Morgan fingerprint density at radius 3 is 2.65 bits per heavy atom. The number of rotatable bonds is 3. The molecule has 0 spiro atoms. The van der Waals surface area contributed by atoms with Crippen molar-refractivity contribution in [2.45, 2.75) is 11.1 Å². The van der Waals surface area contributed by atoms with Crippen LogP contribution in [-0.4, -0.2) is 8.42 Å². The standard InChI is InChI=1S/C11H10BrNO2S2/c1-8-7-9(4-5-10(8)12)13-17(14,15)11-3-2-6-16-11/h2-7,13H,1H3. The van der Waals surface area contributed by atoms with E-state index in [9.17, 15) is 8.42 Å². The lowest BCUT2D eigenvalue weighted by Crippen LogP contribution is -2.11. The molecule has 0 atom stereocenters. The molecule has 0 amide bonds. The molecule has 6 heteroatoms. The molecule has 1 aromatic carbocycles. The summed E-state index contributed by atoms with van der Waals surface area (Å²) >= 11 is 4.57. The highest BCUT2D eigenvalue weighted by atomic mass is 79.9. The molecular weight excluding hydrogens is 322 g/mol. The molecule has 90 valence electrons. The number of hydrogen-bond donors (Lipinski definition) is 1. The second-order valence-electron chi connectivity index (χ2n) is 3.50. The number of thiophene rings is 1. The maximum Gasteiger partial charge on any atom is 0.271 e. The van der Waals surface area contributed by atoms with Gasteiger partial charge in [0.25, 0.3) is 10.0 Å². The zero-order chi connectivity index (χ0) is 12.5. The van der Waals surface area contributed by atoms with E-state index in [-0.39, 0.29) is 0 Å². The van der Waals surface area contributed by atoms with E-state index in [1.807, 2.05) is 13.0 Å². The van der Waals surface area contributed by atoms with Gasteiger partial charge in [0.2, 0.25) is 0 Å². The lowest BCUT2D eigenvalue weighted by atomic mass is 10.2. The van der Waals surface area contributed by atoms with Gasteiger partial charge in [-0.3, -0.25) is 4.72 Å². The van der Waals surface area contributed by atoms with E-state index in [2.05, 4.69) is 20.7 Å². The molecule has 1 aromatic heterocycles. The van der Waals surface area contributed by atoms with Crippen molar-refractivity contribution in [2.75, 3.05) is 4.72 Å². The van der Waals surface area contributed by atoms with Gasteiger partial charge < -0.3 is 0 Å². The predicted molar refractivity (Wildman–Crippen MR) is 74.0 cm³/mol. The molecule has 0 aliphatic carbocycles. The summed E-state index contributed by atoms with van der Waals surface area (Å²) in [5, 5.41) is 1.74. The van der Waals surface area contributed by atoms with Crippen LogP contribution in [0.4, 0.5) is 5.69 Å². The Bertz CT molecular complexity index is 621. The van der Waals surface area contributed by atoms with Crippen molar-refractivity contribution in [3.63, 3.8) is 0 Å². The Morgan fingerprint density at radius 2 is 2.06 bits per heavy atom. The zero-order valence-corrected chi connectivity index (χ0v) is 12.2. The van der Waals surface area contributed by atoms with Crippen LogP contribution in [0.2, 0.25) is 0 Å². The first kappa shape index (κ1) is 12.6. The molecule has 0 saturated heterocycles. The molecule has 2 aromatic rings. The van der Waals surface area contributed by atoms with Gasteiger partial charge in [-0.1, -0.05) is 22.0 Å². The van der Waals surface area contributed by atoms with Gasteiger partial charge in [0.05, 0.1) is 0 Å². The maximum atomic E-state index is 11.9. The van der Waals surface area contributed by atoms with Crippen molar-refractivity contribution in [3.05, 3.63) is 45.7 Å². The van der Waals surface area contributed by atoms with E-state index in [4.69, 9.17) is 0 Å². The molecule has 0 fully saturated rings. The summed E-state index contributed by atoms with van der Waals surface area (Å²) in [6, 6.07) is 8.63. The number of halogens is 1. The topological polar surface area (TPSA) is 46.2 Å². The number of sulfonamides is 1. The monoisotopic (exact) mass is 331 g/mol. The summed E-state index contributed by atoms with van der Waals surface area (Å²) in [5.74, 6) is 0. The summed E-state index contributed by atoms with van der Waals surface area (Å²) in [4.78, 5) is 0. The molecule has 17 heavy (non-hydrogen) atoms. The molecule has 0 bridgehead atoms. The molecule has 3 nitrogen and oxygen atoms in total. The molecule has 0 unspecified atom stereocenters. The van der Waals surface area contributed by atoms with Crippen LogP contribution in [0.25, 0.3) is 0 Å². The van der Waals surface area contributed by atoms with Crippen molar-refractivity contribution in [3.8, 4) is 0 Å². The molecule has 0 saturated carbocycles. The van der Waals surface area contributed by atoms with Crippen molar-refractivity contribution in [1.29, 1.82) is 0 Å². The SMILES string of the molecule is Cc1cc(NS(=O)(=O)c2cccs2)ccc1Br. The fourth-order valence-electron chi connectivity index (χ4n) is 1.33. The van der Waals surface area contributed by atoms with Crippen LogP contribution in [0.15, 0.2) is 44.4 Å². The summed E-state index contributed by atoms with van der Waals surface area (Å²) in [6.07, 6.45) is 0. The van der Waals surface area contributed by atoms with Crippen molar-refractivity contribution in [1.82, 2.24) is 0 Å². The molecular formula is C11H10BrNO2S2. The van der Waals surface area contributed by atoms with E-state index < -0.39 is 10.0 Å². The van der Waals surface area contributed by atoms with Gasteiger partial charge in [-0.25, -0.2) is 8.42 Å². The van der Waals surface area contributed by atoms with Gasteiger partial charge in [-0.05, 0) is 42.1 Å². The maximum absolute atomic E-state index is 11.9. The van der Waals surface area contributed by atoms with Gasteiger partial charge in [0.1, 0.15) is 4.21 Å². The molecule has 0 radical (unpaired) electrons. The van der Waals surface area contributed by atoms with Gasteiger partial charge in [0, 0.05) is 10.2 Å². The second kappa shape index (κ2) is 4.80. The summed E-state index contributed by atoms with van der Waals surface area (Å²) in [7, 11) is -3.45. The van der Waals surface area contributed by atoms with Gasteiger partial charge >= 0.3 is 0 Å². The van der Waals surface area contributed by atoms with Crippen molar-refractivity contribution in [2.24, 2.45) is 0 Å². The van der Waals surface area contributed by atoms with Gasteiger partial charge in [-0.2, -0.15) is 0 Å². The van der Waals surface area contributed by atoms with Crippen LogP contribution in [0.3, 0.4) is 0 Å². The summed E-state index contributed by atoms with van der Waals surface area (Å²) in [5.41, 5.74) is 1.55. The van der Waals surface area contributed by atoms with Crippen molar-refractivity contribution < 1.29 is 8.42 Å². The zero-order valence-electron chi connectivity index (χ0n) is 8.98. The van der Waals surface area contributed by atoms with Crippen LogP contribution in [0.1, 0.15) is 5.56 Å².